The summed E-state index contributed by atoms with van der Waals surface area (Å²) < 4.78 is 21.3. The maximum atomic E-state index is 11.7. The molecule has 0 radical (unpaired) electrons. The van der Waals surface area contributed by atoms with Gasteiger partial charge in [-0.1, -0.05) is 42.5 Å². The molecule has 1 aliphatic rings. The lowest BCUT2D eigenvalue weighted by Crippen LogP contribution is -2.48. The number of cyclic esters (lactones) is 2. The second-order valence-electron chi connectivity index (χ2n) is 6.14. The number of benzene rings is 2. The largest absolute Gasteiger partial charge is 0.519 e. The number of hydrogen-bond acceptors (Lipinski definition) is 6. The molecule has 27 heavy (non-hydrogen) atoms. The standard InChI is InChI=1S/C21H16O6/c1-3-5-13-7-10-15(11-8-13)21(26-20(23)27-21)16-12-9-14(6-4-2)17-18(16)25-19(22)24-17/h3-4,7-12H,1-2,5-6H2. The van der Waals surface area contributed by atoms with Crippen molar-refractivity contribution in [3.8, 4) is 0 Å². The normalized spacial score (nSPS) is 14.9. The first kappa shape index (κ1) is 16.9. The Labute approximate surface area is 154 Å². The quantitative estimate of drug-likeness (QED) is 0.481. The van der Waals surface area contributed by atoms with Crippen molar-refractivity contribution in [3.63, 3.8) is 0 Å². The van der Waals surface area contributed by atoms with Gasteiger partial charge in [0.25, 0.3) is 0 Å². The number of carbonyl (C=O) groups is 1. The Bertz CT molecular complexity index is 1090. The lowest BCUT2D eigenvalue weighted by atomic mass is 9.92. The monoisotopic (exact) mass is 364 g/mol. The van der Waals surface area contributed by atoms with E-state index in [1.807, 2.05) is 12.1 Å². The van der Waals surface area contributed by atoms with Crippen LogP contribution in [0.2, 0.25) is 0 Å². The maximum Gasteiger partial charge on any atom is 0.519 e. The van der Waals surface area contributed by atoms with Gasteiger partial charge < -0.3 is 18.3 Å². The minimum absolute atomic E-state index is 0.182. The van der Waals surface area contributed by atoms with Gasteiger partial charge in [-0.2, -0.15) is 0 Å². The van der Waals surface area contributed by atoms with E-state index < -0.39 is 17.8 Å². The van der Waals surface area contributed by atoms with Gasteiger partial charge in [0, 0.05) is 11.1 Å². The zero-order chi connectivity index (χ0) is 19.0. The summed E-state index contributed by atoms with van der Waals surface area (Å²) in [6.07, 6.45) is 3.88. The van der Waals surface area contributed by atoms with Crippen LogP contribution < -0.4 is 5.82 Å². The molecule has 1 aromatic heterocycles. The minimum Gasteiger partial charge on any atom is -0.390 e. The number of ether oxygens (including phenoxy) is 2. The van der Waals surface area contributed by atoms with Gasteiger partial charge in [-0.15, -0.1) is 13.2 Å². The molecule has 0 N–H and O–H groups in total. The van der Waals surface area contributed by atoms with Crippen LogP contribution in [0.1, 0.15) is 22.3 Å². The third-order valence-electron chi connectivity index (χ3n) is 4.45. The second-order valence-corrected chi connectivity index (χ2v) is 6.14. The van der Waals surface area contributed by atoms with Gasteiger partial charge in [0.05, 0.1) is 5.56 Å². The molecule has 1 fully saturated rings. The molecule has 2 aromatic carbocycles. The molecular formula is C21H16O6. The molecule has 3 aromatic rings. The SMILES string of the molecule is C=CCc1ccc(C2(c3ccc(CC=C)c4oc(=O)oc34)OC(=O)O2)cc1. The highest BCUT2D eigenvalue weighted by Gasteiger charge is 2.54. The first-order valence-corrected chi connectivity index (χ1v) is 8.36. The van der Waals surface area contributed by atoms with Gasteiger partial charge in [0.15, 0.2) is 11.2 Å². The van der Waals surface area contributed by atoms with E-state index >= 15 is 0 Å². The first-order valence-electron chi connectivity index (χ1n) is 8.36. The molecule has 2 heterocycles. The molecule has 0 atom stereocenters. The molecule has 6 nitrogen and oxygen atoms in total. The van der Waals surface area contributed by atoms with Crippen molar-refractivity contribution in [2.45, 2.75) is 18.6 Å². The van der Waals surface area contributed by atoms with E-state index in [9.17, 15) is 9.59 Å². The third kappa shape index (κ3) is 2.66. The van der Waals surface area contributed by atoms with E-state index in [0.717, 1.165) is 11.1 Å². The van der Waals surface area contributed by atoms with Gasteiger partial charge in [-0.3, -0.25) is 0 Å². The average Bonchev–Trinajstić information content (AvgIpc) is 3.02. The van der Waals surface area contributed by atoms with Gasteiger partial charge >= 0.3 is 17.8 Å². The molecule has 0 aliphatic carbocycles. The maximum absolute atomic E-state index is 11.7. The molecule has 1 aliphatic heterocycles. The predicted octanol–water partition coefficient (Wildman–Crippen LogP) is 4.21. The molecular weight excluding hydrogens is 348 g/mol. The van der Waals surface area contributed by atoms with Crippen molar-refractivity contribution < 1.29 is 23.1 Å². The van der Waals surface area contributed by atoms with Gasteiger partial charge in [0.1, 0.15) is 0 Å². The Kier molecular flexibility index (Phi) is 3.96. The molecule has 0 amide bonds. The predicted molar refractivity (Wildman–Crippen MR) is 97.3 cm³/mol. The van der Waals surface area contributed by atoms with Crippen LogP contribution in [0, 0.1) is 0 Å². The number of rotatable bonds is 6. The molecule has 0 spiro atoms. The fourth-order valence-corrected chi connectivity index (χ4v) is 3.23. The van der Waals surface area contributed by atoms with Crippen LogP contribution in [0.4, 0.5) is 4.79 Å². The minimum atomic E-state index is -1.49. The van der Waals surface area contributed by atoms with Gasteiger partial charge in [-0.05, 0) is 24.5 Å². The van der Waals surface area contributed by atoms with Gasteiger partial charge in [0.2, 0.25) is 0 Å². The smallest absolute Gasteiger partial charge is 0.390 e. The van der Waals surface area contributed by atoms with Crippen LogP contribution in [0.5, 0.6) is 0 Å². The molecule has 136 valence electrons. The van der Waals surface area contributed by atoms with Crippen LogP contribution in [0.15, 0.2) is 75.3 Å². The summed E-state index contributed by atoms with van der Waals surface area (Å²) in [5, 5.41) is 0. The Morgan fingerprint density at radius 1 is 0.852 bits per heavy atom. The van der Waals surface area contributed by atoms with Crippen LogP contribution in [0.3, 0.4) is 0 Å². The first-order chi connectivity index (χ1) is 13.1. The third-order valence-corrected chi connectivity index (χ3v) is 4.45. The summed E-state index contributed by atoms with van der Waals surface area (Å²) in [5.41, 5.74) is 3.23. The number of allylic oxidation sites excluding steroid dienone is 2. The lowest BCUT2D eigenvalue weighted by Gasteiger charge is -2.39. The summed E-state index contributed by atoms with van der Waals surface area (Å²) in [6, 6.07) is 10.8. The highest BCUT2D eigenvalue weighted by atomic mass is 16.9. The van der Waals surface area contributed by atoms with Crippen molar-refractivity contribution in [2.24, 2.45) is 0 Å². The molecule has 0 bridgehead atoms. The summed E-state index contributed by atoms with van der Waals surface area (Å²) in [6.45, 7) is 7.42. The fraction of sp³-hybridized carbons (Fsp3) is 0.143. The van der Waals surface area contributed by atoms with E-state index in [2.05, 4.69) is 13.2 Å². The van der Waals surface area contributed by atoms with Crippen LogP contribution >= 0.6 is 0 Å². The Morgan fingerprint density at radius 2 is 1.52 bits per heavy atom. The number of hydrogen-bond donors (Lipinski definition) is 0. The zero-order valence-corrected chi connectivity index (χ0v) is 14.4. The van der Waals surface area contributed by atoms with E-state index in [1.165, 1.54) is 0 Å². The van der Waals surface area contributed by atoms with Crippen LogP contribution in [-0.4, -0.2) is 6.16 Å². The summed E-state index contributed by atoms with van der Waals surface area (Å²) in [5.74, 6) is -2.33. The molecule has 4 rings (SSSR count). The fourth-order valence-electron chi connectivity index (χ4n) is 3.23. The summed E-state index contributed by atoms with van der Waals surface area (Å²) in [7, 11) is 0. The van der Waals surface area contributed by atoms with Crippen LogP contribution in [-0.2, 0) is 28.1 Å². The summed E-state index contributed by atoms with van der Waals surface area (Å²) in [4.78, 5) is 23.3. The topological polar surface area (TPSA) is 78.9 Å². The van der Waals surface area contributed by atoms with E-state index in [1.54, 1.807) is 36.4 Å². The zero-order valence-electron chi connectivity index (χ0n) is 14.4. The van der Waals surface area contributed by atoms with Gasteiger partial charge in [-0.25, -0.2) is 9.59 Å². The highest BCUT2D eigenvalue weighted by molar-refractivity contribution is 5.81. The van der Waals surface area contributed by atoms with E-state index in [4.69, 9.17) is 18.3 Å². The second kappa shape index (κ2) is 6.32. The average molecular weight is 364 g/mol. The molecule has 0 saturated carbocycles. The molecule has 0 unspecified atom stereocenters. The molecule has 6 heteroatoms. The molecule has 1 saturated heterocycles. The van der Waals surface area contributed by atoms with Crippen molar-refractivity contribution >= 4 is 17.3 Å². The van der Waals surface area contributed by atoms with Crippen molar-refractivity contribution in [2.75, 3.05) is 0 Å². The van der Waals surface area contributed by atoms with Crippen LogP contribution in [0.25, 0.3) is 11.2 Å². The number of fused-ring (bicyclic) bond motifs is 1. The lowest BCUT2D eigenvalue weighted by molar-refractivity contribution is -0.253. The Morgan fingerprint density at radius 3 is 2.15 bits per heavy atom. The van der Waals surface area contributed by atoms with E-state index in [-0.39, 0.29) is 11.2 Å². The van der Waals surface area contributed by atoms with Crippen molar-refractivity contribution in [1.82, 2.24) is 0 Å². The Hall–Kier alpha value is -3.54. The summed E-state index contributed by atoms with van der Waals surface area (Å²) >= 11 is 0. The van der Waals surface area contributed by atoms with E-state index in [0.29, 0.717) is 24.0 Å². The Balaban J connectivity index is 1.89. The number of carbonyl (C=O) groups excluding carboxylic acids is 1. The highest BCUT2D eigenvalue weighted by Crippen LogP contribution is 2.45. The van der Waals surface area contributed by atoms with Crippen molar-refractivity contribution in [3.05, 3.63) is 94.6 Å². The van der Waals surface area contributed by atoms with Crippen molar-refractivity contribution in [1.29, 1.82) is 0 Å².